The van der Waals surface area contributed by atoms with E-state index in [4.69, 9.17) is 23.2 Å². The Morgan fingerprint density at radius 3 is 2.10 bits per heavy atom. The summed E-state index contributed by atoms with van der Waals surface area (Å²) in [5.74, 6) is 2.90. The maximum absolute atomic E-state index is 12.2. The molecule has 1 amide bonds. The molecule has 1 N–H and O–H groups in total. The van der Waals surface area contributed by atoms with Crippen molar-refractivity contribution in [2.75, 3.05) is 0 Å². The molecule has 0 radical (unpaired) electrons. The Bertz CT molecular complexity index is 472. The predicted octanol–water partition coefficient (Wildman–Crippen LogP) is 3.50. The SMILES string of the molecule is C[C@]1(C(=O)NN=C2C3CC4CC(C3)CC2C4)CC1(Cl)Cl. The minimum absolute atomic E-state index is 0.135. The lowest BCUT2D eigenvalue weighted by Gasteiger charge is -2.50. The first-order valence-electron chi connectivity index (χ1n) is 7.65. The Labute approximate surface area is 129 Å². The van der Waals surface area contributed by atoms with Gasteiger partial charge in [-0.05, 0) is 69.1 Å². The molecule has 0 heterocycles. The number of rotatable bonds is 2. The van der Waals surface area contributed by atoms with Gasteiger partial charge in [-0.15, -0.1) is 23.2 Å². The summed E-state index contributed by atoms with van der Waals surface area (Å²) in [7, 11) is 0. The van der Waals surface area contributed by atoms with E-state index in [9.17, 15) is 4.79 Å². The lowest BCUT2D eigenvalue weighted by atomic mass is 9.55. The fourth-order valence-corrected chi connectivity index (χ4v) is 5.44. The molecule has 0 unspecified atom stereocenters. The van der Waals surface area contributed by atoms with Crippen molar-refractivity contribution in [3.8, 4) is 0 Å². The highest BCUT2D eigenvalue weighted by molar-refractivity contribution is 6.53. The van der Waals surface area contributed by atoms with Gasteiger partial charge in [-0.2, -0.15) is 5.10 Å². The number of hydrogen-bond donors (Lipinski definition) is 1. The Hall–Kier alpha value is -0.280. The Morgan fingerprint density at radius 2 is 1.65 bits per heavy atom. The number of nitrogens with one attached hydrogen (secondary N) is 1. The summed E-state index contributed by atoms with van der Waals surface area (Å²) in [6.07, 6.45) is 7.02. The van der Waals surface area contributed by atoms with Crippen LogP contribution in [0, 0.1) is 29.1 Å². The van der Waals surface area contributed by atoms with E-state index in [-0.39, 0.29) is 5.91 Å². The molecular formula is C15H20Cl2N2O. The van der Waals surface area contributed by atoms with Crippen LogP contribution in [0.3, 0.4) is 0 Å². The highest BCUT2D eigenvalue weighted by atomic mass is 35.5. The quantitative estimate of drug-likeness (QED) is 0.615. The molecular weight excluding hydrogens is 295 g/mol. The summed E-state index contributed by atoms with van der Waals surface area (Å²) in [5, 5.41) is 4.49. The van der Waals surface area contributed by atoms with Crippen molar-refractivity contribution in [3.63, 3.8) is 0 Å². The maximum Gasteiger partial charge on any atom is 0.249 e. The van der Waals surface area contributed by atoms with E-state index in [0.717, 1.165) is 11.8 Å². The molecule has 0 aliphatic heterocycles. The third-order valence-corrected chi connectivity index (χ3v) is 7.12. The standard InChI is InChI=1S/C15H20Cl2N2O/c1-14(7-15(14,16)17)13(20)19-18-12-10-3-8-2-9(5-10)6-11(12)4-8/h8-11H,2-7H2,1H3,(H,19,20)/t8?,9?,10?,11?,14-/m1/s1. The van der Waals surface area contributed by atoms with Gasteiger partial charge in [0.15, 0.2) is 0 Å². The summed E-state index contributed by atoms with van der Waals surface area (Å²) in [6, 6.07) is 0. The number of hydrogen-bond acceptors (Lipinski definition) is 2. The molecule has 20 heavy (non-hydrogen) atoms. The lowest BCUT2D eigenvalue weighted by Crippen LogP contribution is -2.46. The van der Waals surface area contributed by atoms with Crippen molar-refractivity contribution >= 4 is 34.8 Å². The van der Waals surface area contributed by atoms with Gasteiger partial charge in [-0.1, -0.05) is 0 Å². The van der Waals surface area contributed by atoms with Crippen LogP contribution in [0.2, 0.25) is 0 Å². The third-order valence-electron chi connectivity index (χ3n) is 6.02. The van der Waals surface area contributed by atoms with Gasteiger partial charge in [0, 0.05) is 5.71 Å². The third kappa shape index (κ3) is 1.85. The molecule has 0 spiro atoms. The van der Waals surface area contributed by atoms with Gasteiger partial charge >= 0.3 is 0 Å². The van der Waals surface area contributed by atoms with E-state index in [2.05, 4.69) is 10.5 Å². The summed E-state index contributed by atoms with van der Waals surface area (Å²) in [6.45, 7) is 1.80. The minimum atomic E-state index is -0.915. The predicted molar refractivity (Wildman–Crippen MR) is 79.8 cm³/mol. The van der Waals surface area contributed by atoms with Gasteiger partial charge in [0.05, 0.1) is 5.41 Å². The number of halogens is 2. The molecule has 3 nitrogen and oxygen atoms in total. The molecule has 5 rings (SSSR count). The zero-order valence-corrected chi connectivity index (χ0v) is 13.2. The van der Waals surface area contributed by atoms with Crippen molar-refractivity contribution in [3.05, 3.63) is 0 Å². The molecule has 0 aromatic rings. The van der Waals surface area contributed by atoms with Crippen LogP contribution in [0.1, 0.15) is 45.4 Å². The number of alkyl halides is 2. The first-order chi connectivity index (χ1) is 9.39. The fourth-order valence-electron chi connectivity index (χ4n) is 4.73. The van der Waals surface area contributed by atoms with E-state index in [0.29, 0.717) is 18.3 Å². The number of amides is 1. The minimum Gasteiger partial charge on any atom is -0.272 e. The van der Waals surface area contributed by atoms with E-state index >= 15 is 0 Å². The summed E-state index contributed by atoms with van der Waals surface area (Å²) in [4.78, 5) is 12.2. The Morgan fingerprint density at radius 1 is 1.15 bits per heavy atom. The lowest BCUT2D eigenvalue weighted by molar-refractivity contribution is -0.125. The van der Waals surface area contributed by atoms with Crippen molar-refractivity contribution < 1.29 is 4.79 Å². The van der Waals surface area contributed by atoms with Gasteiger partial charge in [-0.3, -0.25) is 4.79 Å². The molecule has 5 aliphatic carbocycles. The zero-order valence-electron chi connectivity index (χ0n) is 11.7. The van der Waals surface area contributed by atoms with E-state index < -0.39 is 9.75 Å². The fraction of sp³-hybridized carbons (Fsp3) is 0.867. The zero-order chi connectivity index (χ0) is 14.1. The van der Waals surface area contributed by atoms with Crippen LogP contribution < -0.4 is 5.43 Å². The second-order valence-electron chi connectivity index (χ2n) is 7.50. The second-order valence-corrected chi connectivity index (χ2v) is 8.98. The first kappa shape index (κ1) is 13.4. The van der Waals surface area contributed by atoms with Crippen molar-refractivity contribution in [2.45, 2.75) is 49.8 Å². The van der Waals surface area contributed by atoms with Crippen molar-refractivity contribution in [1.82, 2.24) is 5.43 Å². The molecule has 110 valence electrons. The van der Waals surface area contributed by atoms with Gasteiger partial charge in [0.1, 0.15) is 4.33 Å². The highest BCUT2D eigenvalue weighted by Crippen LogP contribution is 2.63. The molecule has 0 aromatic carbocycles. The normalized spacial score (nSPS) is 47.2. The monoisotopic (exact) mass is 314 g/mol. The molecule has 5 saturated carbocycles. The van der Waals surface area contributed by atoms with Crippen LogP contribution in [0.25, 0.3) is 0 Å². The van der Waals surface area contributed by atoms with Gasteiger partial charge < -0.3 is 0 Å². The molecule has 0 saturated heterocycles. The van der Waals surface area contributed by atoms with E-state index in [1.165, 1.54) is 37.8 Å². The number of hydrazone groups is 1. The largest absolute Gasteiger partial charge is 0.272 e. The average Bonchev–Trinajstić information content (AvgIpc) is 2.88. The number of carbonyl (C=O) groups is 1. The van der Waals surface area contributed by atoms with Crippen LogP contribution in [0.5, 0.6) is 0 Å². The summed E-state index contributed by atoms with van der Waals surface area (Å²) < 4.78 is -0.915. The molecule has 1 atom stereocenters. The maximum atomic E-state index is 12.2. The average molecular weight is 315 g/mol. The smallest absolute Gasteiger partial charge is 0.249 e. The van der Waals surface area contributed by atoms with E-state index in [1.54, 1.807) is 6.92 Å². The van der Waals surface area contributed by atoms with E-state index in [1.807, 2.05) is 0 Å². The molecule has 5 aliphatic rings. The first-order valence-corrected chi connectivity index (χ1v) is 8.40. The van der Waals surface area contributed by atoms with Crippen molar-refractivity contribution in [2.24, 2.45) is 34.2 Å². The van der Waals surface area contributed by atoms with Crippen LogP contribution >= 0.6 is 23.2 Å². The molecule has 0 aromatic heterocycles. The van der Waals surface area contributed by atoms with Crippen molar-refractivity contribution in [1.29, 1.82) is 0 Å². The summed E-state index contributed by atoms with van der Waals surface area (Å²) in [5.41, 5.74) is 3.31. The topological polar surface area (TPSA) is 41.5 Å². The molecule has 5 heteroatoms. The Kier molecular flexibility index (Phi) is 2.77. The van der Waals surface area contributed by atoms with Crippen LogP contribution in [-0.4, -0.2) is 16.0 Å². The van der Waals surface area contributed by atoms with Gasteiger partial charge in [0.2, 0.25) is 5.91 Å². The number of nitrogens with zero attached hydrogens (tertiary/aromatic N) is 1. The highest BCUT2D eigenvalue weighted by Gasteiger charge is 2.68. The Balaban J connectivity index is 1.47. The summed E-state index contributed by atoms with van der Waals surface area (Å²) >= 11 is 12.1. The molecule has 4 bridgehead atoms. The van der Waals surface area contributed by atoms with Gasteiger partial charge in [0.25, 0.3) is 0 Å². The van der Waals surface area contributed by atoms with Gasteiger partial charge in [-0.25, -0.2) is 5.43 Å². The van der Waals surface area contributed by atoms with Crippen LogP contribution in [-0.2, 0) is 4.79 Å². The molecule has 5 fully saturated rings. The van der Waals surface area contributed by atoms with Crippen LogP contribution in [0.15, 0.2) is 5.10 Å². The second kappa shape index (κ2) is 4.13. The van der Waals surface area contributed by atoms with Crippen LogP contribution in [0.4, 0.5) is 0 Å². The number of carbonyl (C=O) groups excluding carboxylic acids is 1.